The van der Waals surface area contributed by atoms with Gasteiger partial charge < -0.3 is 9.73 Å². The van der Waals surface area contributed by atoms with Crippen LogP contribution in [0.15, 0.2) is 138 Å². The lowest BCUT2D eigenvalue weighted by molar-refractivity contribution is 0.589. The lowest BCUT2D eigenvalue weighted by atomic mass is 9.86. The highest BCUT2D eigenvalue weighted by molar-refractivity contribution is 6.37. The molecule has 0 saturated heterocycles. The molecule has 0 spiro atoms. The van der Waals surface area contributed by atoms with Crippen LogP contribution < -0.4 is 10.2 Å². The van der Waals surface area contributed by atoms with Gasteiger partial charge in [-0.05, 0) is 91.4 Å². The Morgan fingerprint density at radius 3 is 1.72 bits per heavy atom. The van der Waals surface area contributed by atoms with Gasteiger partial charge in [-0.1, -0.05) is 138 Å². The number of nitrogens with one attached hydrogen (secondary N) is 1. The second kappa shape index (κ2) is 12.0. The maximum atomic E-state index is 7.46. The molecule has 4 heteroatoms. The molecule has 8 aromatic rings. The van der Waals surface area contributed by atoms with Crippen molar-refractivity contribution < 1.29 is 4.42 Å². The summed E-state index contributed by atoms with van der Waals surface area (Å²) < 4.78 is 6.76. The Bertz CT molecular complexity index is 2500. The topological polar surface area (TPSA) is 28.4 Å². The molecule has 1 heterocycles. The van der Waals surface area contributed by atoms with Gasteiger partial charge in [-0.15, -0.1) is 0 Å². The Morgan fingerprint density at radius 2 is 1.08 bits per heavy atom. The quantitative estimate of drug-likeness (QED) is 0.184. The van der Waals surface area contributed by atoms with E-state index in [1.54, 1.807) is 0 Å². The van der Waals surface area contributed by atoms with Gasteiger partial charge in [-0.2, -0.15) is 0 Å². The first-order chi connectivity index (χ1) is 24.0. The zero-order valence-corrected chi connectivity index (χ0v) is 30.2. The van der Waals surface area contributed by atoms with Gasteiger partial charge in [-0.25, -0.2) is 0 Å². The van der Waals surface area contributed by atoms with E-state index in [0.29, 0.717) is 10.9 Å². The predicted octanol–water partition coefficient (Wildman–Crippen LogP) is 14.4. The number of fused-ring (bicyclic) bond motifs is 7. The van der Waals surface area contributed by atoms with Crippen LogP contribution >= 0.6 is 11.6 Å². The van der Waals surface area contributed by atoms with Crippen LogP contribution in [-0.4, -0.2) is 0 Å². The second-order valence-electron chi connectivity index (χ2n) is 15.3. The molecule has 7 aromatic carbocycles. The van der Waals surface area contributed by atoms with Gasteiger partial charge in [0.25, 0.3) is 0 Å². The van der Waals surface area contributed by atoms with E-state index in [2.05, 4.69) is 179 Å². The first-order valence-corrected chi connectivity index (χ1v) is 17.7. The van der Waals surface area contributed by atoms with Crippen molar-refractivity contribution in [3.05, 3.63) is 150 Å². The Labute approximate surface area is 299 Å². The Morgan fingerprint density at radius 1 is 0.540 bits per heavy atom. The summed E-state index contributed by atoms with van der Waals surface area (Å²) in [6.07, 6.45) is 0. The third-order valence-corrected chi connectivity index (χ3v) is 10.2. The summed E-state index contributed by atoms with van der Waals surface area (Å²) in [5, 5.41) is 12.4. The van der Waals surface area contributed by atoms with E-state index in [1.807, 2.05) is 6.07 Å². The molecule has 0 saturated carbocycles. The predicted molar refractivity (Wildman–Crippen MR) is 216 cm³/mol. The van der Waals surface area contributed by atoms with Crippen molar-refractivity contribution in [1.82, 2.24) is 0 Å². The van der Waals surface area contributed by atoms with Gasteiger partial charge in [0.05, 0.1) is 22.1 Å². The van der Waals surface area contributed by atoms with Gasteiger partial charge in [0.2, 0.25) is 5.88 Å². The SMILES string of the molecule is CC(C)(C)c1ccc(Nc2cccc(N(c3cc4cc(C(C)(C)C)ccc4o3)c3cccc4c5ccccc5c5ccccc5c34)c2Cl)cc1. The normalized spacial score (nSPS) is 12.3. The zero-order chi connectivity index (χ0) is 34.8. The van der Waals surface area contributed by atoms with Crippen molar-refractivity contribution in [2.75, 3.05) is 10.2 Å². The summed E-state index contributed by atoms with van der Waals surface area (Å²) >= 11 is 7.46. The van der Waals surface area contributed by atoms with Gasteiger partial charge in [0.15, 0.2) is 0 Å². The van der Waals surface area contributed by atoms with Crippen LogP contribution in [0.25, 0.3) is 43.3 Å². The van der Waals surface area contributed by atoms with Crippen molar-refractivity contribution in [1.29, 1.82) is 0 Å². The number of halogens is 1. The Hall–Kier alpha value is -5.25. The molecule has 3 nitrogen and oxygen atoms in total. The molecule has 248 valence electrons. The van der Waals surface area contributed by atoms with Crippen molar-refractivity contribution >= 4 is 83.5 Å². The number of hydrogen-bond donors (Lipinski definition) is 1. The molecule has 0 bridgehead atoms. The largest absolute Gasteiger partial charge is 0.440 e. The van der Waals surface area contributed by atoms with Crippen LogP contribution in [-0.2, 0) is 10.8 Å². The molecule has 8 rings (SSSR count). The Balaban J connectivity index is 1.37. The Kier molecular flexibility index (Phi) is 7.65. The van der Waals surface area contributed by atoms with E-state index in [0.717, 1.165) is 39.1 Å². The zero-order valence-electron chi connectivity index (χ0n) is 29.4. The number of rotatable bonds is 5. The second-order valence-corrected chi connectivity index (χ2v) is 15.7. The number of benzene rings is 7. The molecular formula is C46H41ClN2O. The number of anilines is 5. The van der Waals surface area contributed by atoms with Crippen LogP contribution in [0.3, 0.4) is 0 Å². The van der Waals surface area contributed by atoms with Crippen molar-refractivity contribution in [2.24, 2.45) is 0 Å². The van der Waals surface area contributed by atoms with Crippen LogP contribution in [0.1, 0.15) is 52.7 Å². The minimum absolute atomic E-state index is 0.00923. The molecule has 0 atom stereocenters. The fourth-order valence-corrected chi connectivity index (χ4v) is 7.35. The first-order valence-electron chi connectivity index (χ1n) is 17.3. The van der Waals surface area contributed by atoms with E-state index in [9.17, 15) is 0 Å². The van der Waals surface area contributed by atoms with Crippen molar-refractivity contribution in [3.8, 4) is 0 Å². The van der Waals surface area contributed by atoms with E-state index in [1.165, 1.54) is 38.1 Å². The molecule has 1 N–H and O–H groups in total. The highest BCUT2D eigenvalue weighted by Gasteiger charge is 2.25. The summed E-state index contributed by atoms with van der Waals surface area (Å²) in [4.78, 5) is 2.19. The maximum absolute atomic E-state index is 7.46. The minimum Gasteiger partial charge on any atom is -0.440 e. The fraction of sp³-hybridized carbons (Fsp3) is 0.174. The molecule has 0 aliphatic heterocycles. The molecule has 0 amide bonds. The van der Waals surface area contributed by atoms with E-state index in [-0.39, 0.29) is 10.8 Å². The number of hydrogen-bond acceptors (Lipinski definition) is 3. The molecule has 0 radical (unpaired) electrons. The lowest BCUT2D eigenvalue weighted by Crippen LogP contribution is -2.11. The number of nitrogens with zero attached hydrogens (tertiary/aromatic N) is 1. The summed E-state index contributed by atoms with van der Waals surface area (Å²) in [6, 6.07) is 47.3. The summed E-state index contributed by atoms with van der Waals surface area (Å²) in [7, 11) is 0. The van der Waals surface area contributed by atoms with E-state index < -0.39 is 0 Å². The van der Waals surface area contributed by atoms with Crippen LogP contribution in [0.5, 0.6) is 0 Å². The van der Waals surface area contributed by atoms with Gasteiger partial charge in [-0.3, -0.25) is 4.90 Å². The standard InChI is InChI=1S/C46H41ClN2O/c1-45(2,3)30-21-24-32(25-22-30)48-38-18-12-20-40(44(38)47)49(42-28-29-27-31(46(4,5)6)23-26-41(29)50-42)39-19-11-17-37-35-14-8-7-13-33(35)34-15-9-10-16-36(34)43(37)39/h7-28,48H,1-6H3. The maximum Gasteiger partial charge on any atom is 0.205 e. The first kappa shape index (κ1) is 32.0. The smallest absolute Gasteiger partial charge is 0.205 e. The van der Waals surface area contributed by atoms with E-state index in [4.69, 9.17) is 16.0 Å². The fourth-order valence-electron chi connectivity index (χ4n) is 7.09. The molecule has 0 aliphatic rings. The van der Waals surface area contributed by atoms with E-state index >= 15 is 0 Å². The van der Waals surface area contributed by atoms with Gasteiger partial charge in [0.1, 0.15) is 5.58 Å². The summed E-state index contributed by atoms with van der Waals surface area (Å²) in [5.41, 5.74) is 7.07. The lowest BCUT2D eigenvalue weighted by Gasteiger charge is -2.27. The highest BCUT2D eigenvalue weighted by atomic mass is 35.5. The van der Waals surface area contributed by atoms with Crippen LogP contribution in [0.4, 0.5) is 28.6 Å². The average molecular weight is 673 g/mol. The minimum atomic E-state index is 0.00923. The highest BCUT2D eigenvalue weighted by Crippen LogP contribution is 2.49. The molecular weight excluding hydrogens is 632 g/mol. The molecule has 1 aromatic heterocycles. The third kappa shape index (κ3) is 5.56. The molecule has 50 heavy (non-hydrogen) atoms. The van der Waals surface area contributed by atoms with Crippen LogP contribution in [0, 0.1) is 0 Å². The van der Waals surface area contributed by atoms with Crippen molar-refractivity contribution in [2.45, 2.75) is 52.4 Å². The molecule has 0 aliphatic carbocycles. The van der Waals surface area contributed by atoms with Crippen molar-refractivity contribution in [3.63, 3.8) is 0 Å². The summed E-state index contributed by atoms with van der Waals surface area (Å²) in [6.45, 7) is 13.4. The molecule has 0 unspecified atom stereocenters. The summed E-state index contributed by atoms with van der Waals surface area (Å²) in [5.74, 6) is 0.698. The van der Waals surface area contributed by atoms with Gasteiger partial charge in [0, 0.05) is 22.5 Å². The average Bonchev–Trinajstić information content (AvgIpc) is 3.53. The third-order valence-electron chi connectivity index (χ3n) is 9.83. The van der Waals surface area contributed by atoms with Crippen LogP contribution in [0.2, 0.25) is 5.02 Å². The monoisotopic (exact) mass is 672 g/mol. The molecule has 0 fully saturated rings. The van der Waals surface area contributed by atoms with Gasteiger partial charge >= 0.3 is 0 Å². The number of furan rings is 1.